The molecule has 1 rings (SSSR count). The van der Waals surface area contributed by atoms with E-state index in [4.69, 9.17) is 23.2 Å². The van der Waals surface area contributed by atoms with Crippen LogP contribution in [-0.4, -0.2) is 36.0 Å². The highest BCUT2D eigenvalue weighted by Gasteiger charge is 2.16. The number of alkyl halides is 1. The average Bonchev–Trinajstić information content (AvgIpc) is 2.35. The Morgan fingerprint density at radius 2 is 2.17 bits per heavy atom. The molecule has 0 bridgehead atoms. The average molecular weight is 306 g/mol. The first-order chi connectivity index (χ1) is 8.45. The molecule has 0 aliphatic heterocycles. The second-order valence-electron chi connectivity index (χ2n) is 4.14. The predicted molar refractivity (Wildman–Crippen MR) is 80.1 cm³/mol. The van der Waals surface area contributed by atoms with Crippen molar-refractivity contribution in [3.8, 4) is 0 Å². The van der Waals surface area contributed by atoms with E-state index in [1.165, 1.54) is 0 Å². The number of hydrogen-bond donors (Lipinski definition) is 0. The molecule has 0 aromatic heterocycles. The van der Waals surface area contributed by atoms with Crippen molar-refractivity contribution in [2.45, 2.75) is 23.6 Å². The Balaban J connectivity index is 2.82. The van der Waals surface area contributed by atoms with Crippen molar-refractivity contribution in [1.82, 2.24) is 4.90 Å². The number of benzene rings is 1. The molecule has 0 aliphatic rings. The topological polar surface area (TPSA) is 20.3 Å². The first kappa shape index (κ1) is 15.7. The maximum Gasteiger partial charge on any atom is 0.255 e. The van der Waals surface area contributed by atoms with Crippen LogP contribution >= 0.6 is 35.0 Å². The number of nitrogens with zero attached hydrogens (tertiary/aromatic N) is 1. The zero-order chi connectivity index (χ0) is 13.7. The van der Waals surface area contributed by atoms with E-state index in [9.17, 15) is 4.79 Å². The molecule has 0 saturated heterocycles. The highest BCUT2D eigenvalue weighted by atomic mass is 35.5. The molecular weight excluding hydrogens is 289 g/mol. The van der Waals surface area contributed by atoms with Crippen LogP contribution in [0.25, 0.3) is 0 Å². The smallest absolute Gasteiger partial charge is 0.255 e. The lowest BCUT2D eigenvalue weighted by atomic mass is 10.2. The van der Waals surface area contributed by atoms with Gasteiger partial charge in [-0.15, -0.1) is 23.4 Å². The summed E-state index contributed by atoms with van der Waals surface area (Å²) in [6, 6.07) is 5.50. The summed E-state index contributed by atoms with van der Waals surface area (Å²) in [5.74, 6) is -0.0618. The largest absolute Gasteiger partial charge is 0.342 e. The van der Waals surface area contributed by atoms with Gasteiger partial charge in [-0.1, -0.05) is 11.6 Å². The molecule has 18 heavy (non-hydrogen) atoms. The third-order valence-electron chi connectivity index (χ3n) is 2.61. The maximum atomic E-state index is 12.2. The highest BCUT2D eigenvalue weighted by molar-refractivity contribution is 7.98. The second-order valence-corrected chi connectivity index (χ2v) is 6.17. The van der Waals surface area contributed by atoms with Crippen LogP contribution in [0.3, 0.4) is 0 Å². The van der Waals surface area contributed by atoms with Crippen LogP contribution in [0.1, 0.15) is 23.7 Å². The minimum atomic E-state index is -0.0618. The number of hydrogen-bond acceptors (Lipinski definition) is 2. The van der Waals surface area contributed by atoms with Gasteiger partial charge in [0.05, 0.1) is 10.6 Å². The minimum Gasteiger partial charge on any atom is -0.342 e. The fourth-order valence-corrected chi connectivity index (χ4v) is 2.21. The first-order valence-corrected chi connectivity index (χ1v) is 7.72. The van der Waals surface area contributed by atoms with Gasteiger partial charge < -0.3 is 4.90 Å². The predicted octanol–water partition coefficient (Wildman–Crippen LogP) is 4.15. The molecule has 0 heterocycles. The highest BCUT2D eigenvalue weighted by Crippen LogP contribution is 2.24. The van der Waals surface area contributed by atoms with Crippen LogP contribution < -0.4 is 0 Å². The summed E-state index contributed by atoms with van der Waals surface area (Å²) in [5, 5.41) is 0.553. The molecule has 1 aromatic carbocycles. The molecule has 100 valence electrons. The van der Waals surface area contributed by atoms with E-state index in [0.29, 0.717) is 17.1 Å². The van der Waals surface area contributed by atoms with Gasteiger partial charge in [0.25, 0.3) is 5.91 Å². The fraction of sp³-hybridized carbons (Fsp3) is 0.462. The Kier molecular flexibility index (Phi) is 6.33. The van der Waals surface area contributed by atoms with E-state index in [1.807, 2.05) is 25.3 Å². The summed E-state index contributed by atoms with van der Waals surface area (Å²) in [6.07, 6.45) is 2.74. The van der Waals surface area contributed by atoms with Gasteiger partial charge in [-0.3, -0.25) is 4.79 Å². The van der Waals surface area contributed by atoms with Gasteiger partial charge in [0.1, 0.15) is 0 Å². The Labute approximate surface area is 123 Å². The molecule has 1 atom stereocenters. The Hall–Kier alpha value is -0.380. The van der Waals surface area contributed by atoms with Crippen molar-refractivity contribution < 1.29 is 4.79 Å². The van der Waals surface area contributed by atoms with Crippen LogP contribution in [0.4, 0.5) is 0 Å². The van der Waals surface area contributed by atoms with E-state index in [2.05, 4.69) is 0 Å². The number of carbonyl (C=O) groups is 1. The van der Waals surface area contributed by atoms with E-state index in [-0.39, 0.29) is 11.3 Å². The number of carbonyl (C=O) groups excluding carboxylic acids is 1. The monoisotopic (exact) mass is 305 g/mol. The summed E-state index contributed by atoms with van der Waals surface area (Å²) >= 11 is 13.5. The SMILES string of the molecule is CSc1ccc(Cl)c(C(=O)N(C)CCC(C)Cl)c1. The third kappa shape index (κ3) is 4.38. The number of thioether (sulfide) groups is 1. The number of amides is 1. The van der Waals surface area contributed by atoms with Crippen molar-refractivity contribution in [2.75, 3.05) is 19.8 Å². The molecule has 1 unspecified atom stereocenters. The van der Waals surface area contributed by atoms with Crippen LogP contribution in [0.2, 0.25) is 5.02 Å². The van der Waals surface area contributed by atoms with E-state index < -0.39 is 0 Å². The van der Waals surface area contributed by atoms with Crippen LogP contribution in [0.15, 0.2) is 23.1 Å². The molecule has 0 spiro atoms. The molecule has 0 aliphatic carbocycles. The third-order valence-corrected chi connectivity index (χ3v) is 3.89. The lowest BCUT2D eigenvalue weighted by molar-refractivity contribution is 0.0793. The standard InChI is InChI=1S/C13H17Cl2NOS/c1-9(14)6-7-16(2)13(17)11-8-10(18-3)4-5-12(11)15/h4-5,8-9H,6-7H2,1-3H3. The van der Waals surface area contributed by atoms with E-state index in [0.717, 1.165) is 11.3 Å². The Morgan fingerprint density at radius 3 is 2.72 bits per heavy atom. The molecule has 0 radical (unpaired) electrons. The molecule has 1 aromatic rings. The van der Waals surface area contributed by atoms with Crippen LogP contribution in [-0.2, 0) is 0 Å². The van der Waals surface area contributed by atoms with Gasteiger partial charge in [0, 0.05) is 23.9 Å². The second kappa shape index (κ2) is 7.27. The summed E-state index contributed by atoms with van der Waals surface area (Å²) in [6.45, 7) is 2.55. The van der Waals surface area contributed by atoms with Gasteiger partial charge in [-0.25, -0.2) is 0 Å². The quantitative estimate of drug-likeness (QED) is 0.601. The lowest BCUT2D eigenvalue weighted by Gasteiger charge is -2.18. The zero-order valence-electron chi connectivity index (χ0n) is 10.7. The van der Waals surface area contributed by atoms with Crippen molar-refractivity contribution in [3.63, 3.8) is 0 Å². The number of rotatable bonds is 5. The maximum absolute atomic E-state index is 12.2. The molecular formula is C13H17Cl2NOS. The fourth-order valence-electron chi connectivity index (χ4n) is 1.47. The molecule has 0 N–H and O–H groups in total. The van der Waals surface area contributed by atoms with E-state index in [1.54, 1.807) is 29.8 Å². The van der Waals surface area contributed by atoms with Crippen LogP contribution in [0.5, 0.6) is 0 Å². The van der Waals surface area contributed by atoms with Gasteiger partial charge in [-0.2, -0.15) is 0 Å². The van der Waals surface area contributed by atoms with Crippen LogP contribution in [0, 0.1) is 0 Å². The molecule has 5 heteroatoms. The summed E-state index contributed by atoms with van der Waals surface area (Å²) in [7, 11) is 1.77. The van der Waals surface area contributed by atoms with E-state index >= 15 is 0 Å². The minimum absolute atomic E-state index is 0.0618. The van der Waals surface area contributed by atoms with Crippen molar-refractivity contribution in [2.24, 2.45) is 0 Å². The summed E-state index contributed by atoms with van der Waals surface area (Å²) in [5.41, 5.74) is 0.549. The lowest BCUT2D eigenvalue weighted by Crippen LogP contribution is -2.29. The van der Waals surface area contributed by atoms with Crippen molar-refractivity contribution >= 4 is 40.9 Å². The molecule has 0 saturated carbocycles. The summed E-state index contributed by atoms with van der Waals surface area (Å²) < 4.78 is 0. The Bertz CT molecular complexity index is 423. The van der Waals surface area contributed by atoms with Gasteiger partial charge in [-0.05, 0) is 37.8 Å². The van der Waals surface area contributed by atoms with Crippen molar-refractivity contribution in [1.29, 1.82) is 0 Å². The molecule has 2 nitrogen and oxygen atoms in total. The van der Waals surface area contributed by atoms with Crippen molar-refractivity contribution in [3.05, 3.63) is 28.8 Å². The zero-order valence-corrected chi connectivity index (χ0v) is 13.1. The first-order valence-electron chi connectivity index (χ1n) is 5.68. The van der Waals surface area contributed by atoms with Gasteiger partial charge in [0.15, 0.2) is 0 Å². The molecule has 1 amide bonds. The Morgan fingerprint density at radius 1 is 1.50 bits per heavy atom. The normalized spacial score (nSPS) is 12.3. The van der Waals surface area contributed by atoms with Gasteiger partial charge in [0.2, 0.25) is 0 Å². The summed E-state index contributed by atoms with van der Waals surface area (Å²) in [4.78, 5) is 14.9. The number of halogens is 2. The van der Waals surface area contributed by atoms with Gasteiger partial charge >= 0.3 is 0 Å². The molecule has 0 fully saturated rings.